The predicted molar refractivity (Wildman–Crippen MR) is 90.1 cm³/mol. The summed E-state index contributed by atoms with van der Waals surface area (Å²) < 4.78 is 0. The van der Waals surface area contributed by atoms with Crippen LogP contribution in [-0.2, 0) is 0 Å². The molecule has 2 rings (SSSR count). The molecular formula is C17H27NOSi. The summed E-state index contributed by atoms with van der Waals surface area (Å²) in [7, 11) is -1.50. The zero-order chi connectivity index (χ0) is 14.8. The van der Waals surface area contributed by atoms with E-state index < -0.39 is 8.07 Å². The highest BCUT2D eigenvalue weighted by molar-refractivity contribution is 6.89. The van der Waals surface area contributed by atoms with Crippen molar-refractivity contribution in [3.05, 3.63) is 23.8 Å². The molecule has 0 spiro atoms. The first-order chi connectivity index (χ1) is 9.38. The Balaban J connectivity index is 2.14. The average molecular weight is 289 g/mol. The number of phenolic OH excluding ortho intramolecular Hbond substituents is 1. The number of hydrogen-bond donors (Lipinski definition) is 1. The van der Waals surface area contributed by atoms with E-state index in [2.05, 4.69) is 32.6 Å². The summed E-state index contributed by atoms with van der Waals surface area (Å²) in [4.78, 5) is 4.70. The Hall–Kier alpha value is -1.09. The van der Waals surface area contributed by atoms with Gasteiger partial charge in [-0.15, -0.1) is 0 Å². The second kappa shape index (κ2) is 6.13. The minimum absolute atomic E-state index is 0.444. The van der Waals surface area contributed by atoms with Gasteiger partial charge in [0.1, 0.15) is 5.75 Å². The Morgan fingerprint density at radius 3 is 2.40 bits per heavy atom. The van der Waals surface area contributed by atoms with Gasteiger partial charge >= 0.3 is 0 Å². The lowest BCUT2D eigenvalue weighted by molar-refractivity contribution is 0.350. The molecule has 1 aromatic carbocycles. The van der Waals surface area contributed by atoms with Crippen LogP contribution in [0.4, 0.5) is 0 Å². The van der Waals surface area contributed by atoms with Gasteiger partial charge in [-0.25, -0.2) is 0 Å². The molecule has 0 atom stereocenters. The van der Waals surface area contributed by atoms with Gasteiger partial charge in [-0.05, 0) is 42.9 Å². The Bertz CT molecular complexity index is 482. The van der Waals surface area contributed by atoms with Gasteiger partial charge in [-0.2, -0.15) is 0 Å². The van der Waals surface area contributed by atoms with E-state index in [1.54, 1.807) is 0 Å². The van der Waals surface area contributed by atoms with Crippen molar-refractivity contribution in [2.24, 2.45) is 10.9 Å². The number of para-hydroxylation sites is 1. The smallest absolute Gasteiger partial charge is 0.123 e. The number of phenols is 1. The highest BCUT2D eigenvalue weighted by Gasteiger charge is 2.21. The molecule has 0 radical (unpaired) electrons. The standard InChI is InChI=1S/C17H27NOSi/c1-13-8-10-15(11-9-13)18-12-14-6-5-7-16(17(14)19)20(2,3)4/h5-7,12-13,15,19H,8-11H2,1-4H3. The van der Waals surface area contributed by atoms with E-state index in [-0.39, 0.29) is 0 Å². The topological polar surface area (TPSA) is 32.6 Å². The van der Waals surface area contributed by atoms with Gasteiger partial charge in [0.05, 0.1) is 8.07 Å². The minimum Gasteiger partial charge on any atom is -0.507 e. The lowest BCUT2D eigenvalue weighted by Gasteiger charge is -2.23. The number of hydrogen-bond acceptors (Lipinski definition) is 2. The fraction of sp³-hybridized carbons (Fsp3) is 0.588. The second-order valence-corrected chi connectivity index (χ2v) is 12.2. The van der Waals surface area contributed by atoms with Crippen LogP contribution in [-0.4, -0.2) is 25.4 Å². The summed E-state index contributed by atoms with van der Waals surface area (Å²) in [5, 5.41) is 11.6. The fourth-order valence-electron chi connectivity index (χ4n) is 2.85. The van der Waals surface area contributed by atoms with E-state index in [4.69, 9.17) is 4.99 Å². The maximum atomic E-state index is 10.4. The van der Waals surface area contributed by atoms with Crippen molar-refractivity contribution in [2.75, 3.05) is 0 Å². The Kier molecular flexibility index (Phi) is 4.69. The van der Waals surface area contributed by atoms with Crippen LogP contribution in [0.1, 0.15) is 38.2 Å². The van der Waals surface area contributed by atoms with Crippen molar-refractivity contribution >= 4 is 19.5 Å². The van der Waals surface area contributed by atoms with Gasteiger partial charge in [0, 0.05) is 17.8 Å². The van der Waals surface area contributed by atoms with Gasteiger partial charge < -0.3 is 5.11 Å². The molecule has 20 heavy (non-hydrogen) atoms. The van der Waals surface area contributed by atoms with Crippen LogP contribution in [0.15, 0.2) is 23.2 Å². The molecule has 0 bridgehead atoms. The summed E-state index contributed by atoms with van der Waals surface area (Å²) in [6, 6.07) is 6.51. The van der Waals surface area contributed by atoms with Crippen molar-refractivity contribution in [1.82, 2.24) is 0 Å². The van der Waals surface area contributed by atoms with Crippen LogP contribution in [0.25, 0.3) is 0 Å². The predicted octanol–water partition coefficient (Wildman–Crippen LogP) is 3.94. The molecule has 1 saturated carbocycles. The summed E-state index contributed by atoms with van der Waals surface area (Å²) in [6.07, 6.45) is 6.82. The lowest BCUT2D eigenvalue weighted by Crippen LogP contribution is -2.38. The minimum atomic E-state index is -1.50. The molecule has 1 aliphatic rings. The third-order valence-electron chi connectivity index (χ3n) is 4.29. The highest BCUT2D eigenvalue weighted by atomic mass is 28.3. The molecule has 110 valence electrons. The quantitative estimate of drug-likeness (QED) is 0.663. The lowest BCUT2D eigenvalue weighted by atomic mass is 9.88. The summed E-state index contributed by atoms with van der Waals surface area (Å²) >= 11 is 0. The monoisotopic (exact) mass is 289 g/mol. The van der Waals surface area contributed by atoms with Gasteiger partial charge in [0.2, 0.25) is 0 Å². The average Bonchev–Trinajstić information content (AvgIpc) is 2.38. The molecule has 1 fully saturated rings. The Labute approximate surface area is 124 Å². The molecule has 0 heterocycles. The van der Waals surface area contributed by atoms with Crippen LogP contribution in [0.2, 0.25) is 19.6 Å². The van der Waals surface area contributed by atoms with Crippen molar-refractivity contribution in [3.8, 4) is 5.75 Å². The van der Waals surface area contributed by atoms with E-state index in [1.165, 1.54) is 25.7 Å². The van der Waals surface area contributed by atoms with Crippen LogP contribution in [0.5, 0.6) is 5.75 Å². The first-order valence-corrected chi connectivity index (χ1v) is 11.2. The normalized spacial score (nSPS) is 24.2. The fourth-order valence-corrected chi connectivity index (χ4v) is 4.30. The number of aromatic hydroxyl groups is 1. The molecule has 1 aliphatic carbocycles. The van der Waals surface area contributed by atoms with Crippen LogP contribution < -0.4 is 5.19 Å². The largest absolute Gasteiger partial charge is 0.507 e. The first kappa shape index (κ1) is 15.3. The summed E-state index contributed by atoms with van der Waals surface area (Å²) in [5.74, 6) is 1.30. The third-order valence-corrected chi connectivity index (χ3v) is 6.30. The van der Waals surface area contributed by atoms with E-state index in [9.17, 15) is 5.11 Å². The van der Waals surface area contributed by atoms with Gasteiger partial charge in [0.25, 0.3) is 0 Å². The van der Waals surface area contributed by atoms with Crippen molar-refractivity contribution in [3.63, 3.8) is 0 Å². The SMILES string of the molecule is CC1CCC(N=Cc2cccc([Si](C)(C)C)c2O)CC1. The first-order valence-electron chi connectivity index (χ1n) is 7.73. The van der Waals surface area contributed by atoms with E-state index in [0.29, 0.717) is 11.8 Å². The van der Waals surface area contributed by atoms with Crippen molar-refractivity contribution < 1.29 is 5.11 Å². The second-order valence-electron chi connectivity index (χ2n) is 7.19. The molecule has 0 aliphatic heterocycles. The van der Waals surface area contributed by atoms with Crippen LogP contribution in [0, 0.1) is 5.92 Å². The molecule has 0 aromatic heterocycles. The van der Waals surface area contributed by atoms with Crippen molar-refractivity contribution in [1.29, 1.82) is 0 Å². The maximum Gasteiger partial charge on any atom is 0.123 e. The Morgan fingerprint density at radius 2 is 1.80 bits per heavy atom. The molecule has 0 unspecified atom stereocenters. The summed E-state index contributed by atoms with van der Waals surface area (Å²) in [5.41, 5.74) is 0.878. The van der Waals surface area contributed by atoms with Crippen LogP contribution >= 0.6 is 0 Å². The zero-order valence-corrected chi connectivity index (χ0v) is 14.2. The maximum absolute atomic E-state index is 10.4. The summed E-state index contributed by atoms with van der Waals surface area (Å²) in [6.45, 7) is 9.09. The number of benzene rings is 1. The molecule has 0 saturated heterocycles. The number of nitrogens with zero attached hydrogens (tertiary/aromatic N) is 1. The highest BCUT2D eigenvalue weighted by Crippen LogP contribution is 2.26. The molecule has 1 aromatic rings. The number of aliphatic imine (C=N–C) groups is 1. The van der Waals surface area contributed by atoms with E-state index in [1.807, 2.05) is 18.3 Å². The molecule has 0 amide bonds. The van der Waals surface area contributed by atoms with E-state index >= 15 is 0 Å². The molecule has 2 nitrogen and oxygen atoms in total. The molecular weight excluding hydrogens is 262 g/mol. The van der Waals surface area contributed by atoms with Crippen LogP contribution in [0.3, 0.4) is 0 Å². The third kappa shape index (κ3) is 3.72. The van der Waals surface area contributed by atoms with Crippen molar-refractivity contribution in [2.45, 2.75) is 58.3 Å². The zero-order valence-electron chi connectivity index (χ0n) is 13.2. The van der Waals surface area contributed by atoms with Gasteiger partial charge in [-0.1, -0.05) is 38.7 Å². The molecule has 1 N–H and O–H groups in total. The van der Waals surface area contributed by atoms with E-state index in [0.717, 1.165) is 16.7 Å². The van der Waals surface area contributed by atoms with Gasteiger partial charge in [-0.3, -0.25) is 4.99 Å². The molecule has 3 heteroatoms. The van der Waals surface area contributed by atoms with Gasteiger partial charge in [0.15, 0.2) is 0 Å². The Morgan fingerprint density at radius 1 is 1.15 bits per heavy atom. The number of rotatable bonds is 3.